The molecule has 2 aromatic heterocycles. The van der Waals surface area contributed by atoms with Gasteiger partial charge in [-0.2, -0.15) is 0 Å². The lowest BCUT2D eigenvalue weighted by Gasteiger charge is -2.19. The Bertz CT molecular complexity index is 1200. The molecule has 1 aliphatic rings. The Hall–Kier alpha value is -3.62. The van der Waals surface area contributed by atoms with E-state index in [0.29, 0.717) is 0 Å². The van der Waals surface area contributed by atoms with Gasteiger partial charge in [-0.3, -0.25) is 0 Å². The number of hydrogen-bond acceptors (Lipinski definition) is 2. The number of pyridine rings is 2. The molecular formula is C24H14N2. The van der Waals surface area contributed by atoms with Crippen molar-refractivity contribution < 1.29 is 0 Å². The molecule has 2 nitrogen and oxygen atoms in total. The molecule has 0 unspecified atom stereocenters. The minimum Gasteiger partial charge on any atom is -0.246 e. The summed E-state index contributed by atoms with van der Waals surface area (Å²) in [6.07, 6.45) is 12.9. The SMILES string of the molecule is C#Cc1ccc2nc3c(cc2c1)CCc1cc2cc(C#C)ccc2nc1-3. The van der Waals surface area contributed by atoms with Gasteiger partial charge in [-0.15, -0.1) is 12.8 Å². The molecule has 4 aromatic rings. The zero-order valence-corrected chi connectivity index (χ0v) is 14.1. The van der Waals surface area contributed by atoms with Crippen molar-refractivity contribution in [2.24, 2.45) is 0 Å². The van der Waals surface area contributed by atoms with E-state index in [-0.39, 0.29) is 0 Å². The van der Waals surface area contributed by atoms with E-state index in [9.17, 15) is 0 Å². The Morgan fingerprint density at radius 3 is 1.54 bits per heavy atom. The van der Waals surface area contributed by atoms with Crippen LogP contribution in [0.5, 0.6) is 0 Å². The molecule has 0 radical (unpaired) electrons. The van der Waals surface area contributed by atoms with Gasteiger partial charge in [-0.1, -0.05) is 11.8 Å². The second kappa shape index (κ2) is 5.45. The van der Waals surface area contributed by atoms with Crippen LogP contribution in [0.4, 0.5) is 0 Å². The molecule has 120 valence electrons. The van der Waals surface area contributed by atoms with Crippen LogP contribution in [0.2, 0.25) is 0 Å². The molecule has 26 heavy (non-hydrogen) atoms. The standard InChI is InChI=1S/C24H14N2/c1-3-15-5-9-21-19(11-15)13-17-7-8-18-14-20-12-16(4-2)6-10-22(20)26-24(18)23(17)25-21/h1-2,5-6,9-14H,7-8H2. The summed E-state index contributed by atoms with van der Waals surface area (Å²) in [6, 6.07) is 16.3. The van der Waals surface area contributed by atoms with Gasteiger partial charge < -0.3 is 0 Å². The summed E-state index contributed by atoms with van der Waals surface area (Å²) in [7, 11) is 0. The van der Waals surface area contributed by atoms with Crippen LogP contribution in [0.1, 0.15) is 22.3 Å². The summed E-state index contributed by atoms with van der Waals surface area (Å²) in [6.45, 7) is 0. The number of aryl methyl sites for hydroxylation is 2. The van der Waals surface area contributed by atoms with E-state index in [1.165, 1.54) is 11.1 Å². The lowest BCUT2D eigenvalue weighted by atomic mass is 9.90. The Balaban J connectivity index is 1.75. The van der Waals surface area contributed by atoms with Gasteiger partial charge in [0, 0.05) is 21.9 Å². The summed E-state index contributed by atoms with van der Waals surface area (Å²) in [5.41, 5.74) is 8.07. The van der Waals surface area contributed by atoms with Crippen molar-refractivity contribution in [1.82, 2.24) is 9.97 Å². The first kappa shape index (κ1) is 14.7. The van der Waals surface area contributed by atoms with Crippen molar-refractivity contribution in [3.63, 3.8) is 0 Å². The minimum atomic E-state index is 0.879. The third-order valence-electron chi connectivity index (χ3n) is 5.01. The van der Waals surface area contributed by atoms with Gasteiger partial charge in [0.1, 0.15) is 0 Å². The number of terminal acetylenes is 2. The lowest BCUT2D eigenvalue weighted by Crippen LogP contribution is -2.08. The van der Waals surface area contributed by atoms with Gasteiger partial charge in [-0.25, -0.2) is 9.97 Å². The van der Waals surface area contributed by atoms with Crippen LogP contribution in [-0.4, -0.2) is 9.97 Å². The van der Waals surface area contributed by atoms with Gasteiger partial charge in [0.15, 0.2) is 0 Å². The zero-order valence-electron chi connectivity index (χ0n) is 14.1. The molecule has 0 amide bonds. The fourth-order valence-electron chi connectivity index (χ4n) is 3.68. The highest BCUT2D eigenvalue weighted by atomic mass is 14.8. The Morgan fingerprint density at radius 2 is 1.12 bits per heavy atom. The van der Waals surface area contributed by atoms with E-state index < -0.39 is 0 Å². The maximum Gasteiger partial charge on any atom is 0.0929 e. The molecular weight excluding hydrogens is 316 g/mol. The first-order valence-electron chi connectivity index (χ1n) is 8.56. The van der Waals surface area contributed by atoms with Gasteiger partial charge in [0.05, 0.1) is 22.4 Å². The second-order valence-electron chi connectivity index (χ2n) is 6.60. The Labute approximate surface area is 151 Å². The smallest absolute Gasteiger partial charge is 0.0929 e. The maximum atomic E-state index is 5.52. The fourth-order valence-corrected chi connectivity index (χ4v) is 3.68. The highest BCUT2D eigenvalue weighted by Crippen LogP contribution is 2.34. The average Bonchev–Trinajstić information content (AvgIpc) is 2.70. The summed E-state index contributed by atoms with van der Waals surface area (Å²) in [5.74, 6) is 5.38. The van der Waals surface area contributed by atoms with Crippen molar-refractivity contribution in [3.05, 3.63) is 70.8 Å². The lowest BCUT2D eigenvalue weighted by molar-refractivity contribution is 0.923. The molecule has 2 aromatic carbocycles. The van der Waals surface area contributed by atoms with E-state index in [1.54, 1.807) is 0 Å². The molecule has 0 fully saturated rings. The maximum absolute atomic E-state index is 5.52. The largest absolute Gasteiger partial charge is 0.246 e. The van der Waals surface area contributed by atoms with E-state index in [1.807, 2.05) is 36.4 Å². The summed E-state index contributed by atoms with van der Waals surface area (Å²) < 4.78 is 0. The molecule has 0 spiro atoms. The monoisotopic (exact) mass is 330 g/mol. The molecule has 0 atom stereocenters. The minimum absolute atomic E-state index is 0.879. The van der Waals surface area contributed by atoms with E-state index in [2.05, 4.69) is 24.0 Å². The van der Waals surface area contributed by atoms with Gasteiger partial charge in [-0.05, 0) is 72.5 Å². The molecule has 0 aliphatic heterocycles. The number of hydrogen-bond donors (Lipinski definition) is 0. The average molecular weight is 330 g/mol. The fraction of sp³-hybridized carbons (Fsp3) is 0.0833. The number of benzene rings is 2. The van der Waals surface area contributed by atoms with Crippen molar-refractivity contribution >= 4 is 21.8 Å². The number of nitrogens with zero attached hydrogens (tertiary/aromatic N) is 2. The molecule has 0 saturated heterocycles. The molecule has 0 saturated carbocycles. The predicted molar refractivity (Wildman–Crippen MR) is 106 cm³/mol. The molecule has 0 bridgehead atoms. The first-order chi connectivity index (χ1) is 12.7. The first-order valence-corrected chi connectivity index (χ1v) is 8.56. The van der Waals surface area contributed by atoms with E-state index in [0.717, 1.165) is 57.2 Å². The normalized spacial score (nSPS) is 12.2. The van der Waals surface area contributed by atoms with Crippen molar-refractivity contribution in [1.29, 1.82) is 0 Å². The predicted octanol–water partition coefficient (Wildman–Crippen LogP) is 4.51. The summed E-state index contributed by atoms with van der Waals surface area (Å²) in [4.78, 5) is 9.82. The van der Waals surface area contributed by atoms with Crippen molar-refractivity contribution in [3.8, 4) is 36.1 Å². The van der Waals surface area contributed by atoms with E-state index in [4.69, 9.17) is 22.8 Å². The van der Waals surface area contributed by atoms with Gasteiger partial charge in [0.25, 0.3) is 0 Å². The highest BCUT2D eigenvalue weighted by molar-refractivity contribution is 5.88. The van der Waals surface area contributed by atoms with Crippen LogP contribution in [0.15, 0.2) is 48.5 Å². The Kier molecular flexibility index (Phi) is 3.08. The van der Waals surface area contributed by atoms with Gasteiger partial charge in [0.2, 0.25) is 0 Å². The van der Waals surface area contributed by atoms with Crippen LogP contribution in [0, 0.1) is 24.7 Å². The topological polar surface area (TPSA) is 25.8 Å². The Morgan fingerprint density at radius 1 is 0.654 bits per heavy atom. The molecule has 1 aliphatic carbocycles. The van der Waals surface area contributed by atoms with Crippen LogP contribution in [0.3, 0.4) is 0 Å². The molecule has 5 rings (SSSR count). The zero-order chi connectivity index (χ0) is 17.7. The number of rotatable bonds is 0. The third-order valence-corrected chi connectivity index (χ3v) is 5.01. The van der Waals surface area contributed by atoms with Crippen molar-refractivity contribution in [2.75, 3.05) is 0 Å². The van der Waals surface area contributed by atoms with E-state index >= 15 is 0 Å². The quantitative estimate of drug-likeness (QED) is 0.443. The van der Waals surface area contributed by atoms with Gasteiger partial charge >= 0.3 is 0 Å². The molecule has 2 heterocycles. The highest BCUT2D eigenvalue weighted by Gasteiger charge is 2.20. The van der Waals surface area contributed by atoms with Crippen LogP contribution in [-0.2, 0) is 12.8 Å². The number of fused-ring (bicyclic) bond motifs is 5. The third kappa shape index (κ3) is 2.17. The molecule has 2 heteroatoms. The summed E-state index contributed by atoms with van der Waals surface area (Å²) >= 11 is 0. The van der Waals surface area contributed by atoms with Crippen LogP contribution in [0.25, 0.3) is 33.2 Å². The molecule has 0 N–H and O–H groups in total. The second-order valence-corrected chi connectivity index (χ2v) is 6.60. The van der Waals surface area contributed by atoms with Crippen LogP contribution >= 0.6 is 0 Å². The van der Waals surface area contributed by atoms with Crippen molar-refractivity contribution in [2.45, 2.75) is 12.8 Å². The number of aromatic nitrogens is 2. The summed E-state index contributed by atoms with van der Waals surface area (Å²) in [5, 5.41) is 2.17. The van der Waals surface area contributed by atoms with Crippen LogP contribution < -0.4 is 0 Å².